The van der Waals surface area contributed by atoms with Crippen molar-refractivity contribution in [3.05, 3.63) is 35.9 Å². The van der Waals surface area contributed by atoms with Crippen molar-refractivity contribution >= 4 is 11.8 Å². The van der Waals surface area contributed by atoms with E-state index in [1.807, 2.05) is 42.3 Å². The standard InChI is InChI=1S/C19H29N3O2/c1-20-11-7-16-9-13-22(14-10-16)19(24)8-12-21-18(23)15-17-5-3-2-4-6-17/h2-6,16,20H,7-15H2,1H3,(H,21,23). The van der Waals surface area contributed by atoms with Crippen LogP contribution in [-0.4, -0.2) is 49.9 Å². The van der Waals surface area contributed by atoms with E-state index in [2.05, 4.69) is 10.6 Å². The average molecular weight is 331 g/mol. The number of likely N-dealkylation sites (tertiary alicyclic amines) is 1. The van der Waals surface area contributed by atoms with Gasteiger partial charge in [0.15, 0.2) is 0 Å². The second kappa shape index (κ2) is 10.1. The van der Waals surface area contributed by atoms with Crippen molar-refractivity contribution in [3.8, 4) is 0 Å². The normalized spacial score (nSPS) is 15.3. The van der Waals surface area contributed by atoms with Gasteiger partial charge in [0.2, 0.25) is 11.8 Å². The van der Waals surface area contributed by atoms with E-state index < -0.39 is 0 Å². The second-order valence-corrected chi connectivity index (χ2v) is 6.48. The molecule has 24 heavy (non-hydrogen) atoms. The van der Waals surface area contributed by atoms with Crippen molar-refractivity contribution in [2.45, 2.75) is 32.1 Å². The van der Waals surface area contributed by atoms with Gasteiger partial charge >= 0.3 is 0 Å². The molecule has 0 radical (unpaired) electrons. The molecule has 2 N–H and O–H groups in total. The molecule has 1 fully saturated rings. The molecule has 132 valence electrons. The van der Waals surface area contributed by atoms with Gasteiger partial charge in [0, 0.05) is 26.1 Å². The van der Waals surface area contributed by atoms with Gasteiger partial charge in [-0.25, -0.2) is 0 Å². The summed E-state index contributed by atoms with van der Waals surface area (Å²) >= 11 is 0. The highest BCUT2D eigenvalue weighted by atomic mass is 16.2. The molecule has 1 aliphatic heterocycles. The number of amides is 2. The van der Waals surface area contributed by atoms with Crippen LogP contribution < -0.4 is 10.6 Å². The Morgan fingerprint density at radius 1 is 1.12 bits per heavy atom. The maximum absolute atomic E-state index is 12.2. The summed E-state index contributed by atoms with van der Waals surface area (Å²) in [4.78, 5) is 26.0. The number of hydrogen-bond acceptors (Lipinski definition) is 3. The van der Waals surface area contributed by atoms with E-state index in [4.69, 9.17) is 0 Å². The topological polar surface area (TPSA) is 61.4 Å². The van der Waals surface area contributed by atoms with E-state index in [0.717, 1.165) is 44.0 Å². The maximum atomic E-state index is 12.2. The van der Waals surface area contributed by atoms with Gasteiger partial charge in [-0.05, 0) is 44.3 Å². The van der Waals surface area contributed by atoms with Gasteiger partial charge < -0.3 is 15.5 Å². The maximum Gasteiger partial charge on any atom is 0.224 e. The first-order valence-electron chi connectivity index (χ1n) is 8.92. The Morgan fingerprint density at radius 3 is 2.50 bits per heavy atom. The minimum atomic E-state index is -0.0280. The molecule has 5 heteroatoms. The summed E-state index contributed by atoms with van der Waals surface area (Å²) in [5.74, 6) is 0.855. The lowest BCUT2D eigenvalue weighted by Crippen LogP contribution is -2.40. The molecule has 0 bridgehead atoms. The van der Waals surface area contributed by atoms with E-state index in [0.29, 0.717) is 19.4 Å². The number of nitrogens with one attached hydrogen (secondary N) is 2. The number of carbonyl (C=O) groups is 2. The smallest absolute Gasteiger partial charge is 0.224 e. The summed E-state index contributed by atoms with van der Waals surface area (Å²) in [5, 5.41) is 6.03. The summed E-state index contributed by atoms with van der Waals surface area (Å²) < 4.78 is 0. The molecule has 0 saturated carbocycles. The van der Waals surface area contributed by atoms with Crippen LogP contribution >= 0.6 is 0 Å². The van der Waals surface area contributed by atoms with E-state index >= 15 is 0 Å². The molecule has 1 aromatic carbocycles. The Hall–Kier alpha value is -1.88. The largest absolute Gasteiger partial charge is 0.355 e. The molecule has 0 spiro atoms. The van der Waals surface area contributed by atoms with Crippen molar-refractivity contribution in [3.63, 3.8) is 0 Å². The van der Waals surface area contributed by atoms with E-state index in [-0.39, 0.29) is 11.8 Å². The van der Waals surface area contributed by atoms with Crippen molar-refractivity contribution < 1.29 is 9.59 Å². The Kier molecular flexibility index (Phi) is 7.75. The van der Waals surface area contributed by atoms with Crippen LogP contribution in [0.5, 0.6) is 0 Å². The van der Waals surface area contributed by atoms with Gasteiger partial charge in [-0.2, -0.15) is 0 Å². The Balaban J connectivity index is 1.60. The monoisotopic (exact) mass is 331 g/mol. The Bertz CT molecular complexity index is 511. The van der Waals surface area contributed by atoms with E-state index in [9.17, 15) is 9.59 Å². The number of benzene rings is 1. The second-order valence-electron chi connectivity index (χ2n) is 6.48. The Morgan fingerprint density at radius 2 is 1.83 bits per heavy atom. The Labute approximate surface area is 144 Å². The summed E-state index contributed by atoms with van der Waals surface area (Å²) in [7, 11) is 1.98. The molecule has 0 aromatic heterocycles. The summed E-state index contributed by atoms with van der Waals surface area (Å²) in [6.07, 6.45) is 4.13. The molecule has 0 atom stereocenters. The lowest BCUT2D eigenvalue weighted by atomic mass is 9.93. The van der Waals surface area contributed by atoms with Crippen LogP contribution in [0.1, 0.15) is 31.2 Å². The summed E-state index contributed by atoms with van der Waals surface area (Å²) in [5.41, 5.74) is 0.991. The van der Waals surface area contributed by atoms with Gasteiger partial charge in [-0.15, -0.1) is 0 Å². The van der Waals surface area contributed by atoms with Gasteiger partial charge in [0.25, 0.3) is 0 Å². The minimum absolute atomic E-state index is 0.0280. The van der Waals surface area contributed by atoms with Crippen molar-refractivity contribution in [1.29, 1.82) is 0 Å². The summed E-state index contributed by atoms with van der Waals surface area (Å²) in [6, 6.07) is 9.65. The lowest BCUT2D eigenvalue weighted by molar-refractivity contribution is -0.132. The van der Waals surface area contributed by atoms with Crippen LogP contribution in [0.4, 0.5) is 0 Å². The van der Waals surface area contributed by atoms with Gasteiger partial charge in [-0.3, -0.25) is 9.59 Å². The highest BCUT2D eigenvalue weighted by Crippen LogP contribution is 2.20. The van der Waals surface area contributed by atoms with Crippen molar-refractivity contribution in [2.24, 2.45) is 5.92 Å². The van der Waals surface area contributed by atoms with Crippen molar-refractivity contribution in [1.82, 2.24) is 15.5 Å². The molecular formula is C19H29N3O2. The quantitative estimate of drug-likeness (QED) is 0.760. The summed E-state index contributed by atoms with van der Waals surface area (Å²) in [6.45, 7) is 3.17. The zero-order valence-corrected chi connectivity index (χ0v) is 14.6. The third-order valence-corrected chi connectivity index (χ3v) is 4.64. The highest BCUT2D eigenvalue weighted by molar-refractivity contribution is 5.80. The van der Waals surface area contributed by atoms with Crippen LogP contribution in [0, 0.1) is 5.92 Å². The van der Waals surface area contributed by atoms with Crippen LogP contribution in [0.15, 0.2) is 30.3 Å². The first-order chi connectivity index (χ1) is 11.7. The van der Waals surface area contributed by atoms with Crippen molar-refractivity contribution in [2.75, 3.05) is 33.2 Å². The zero-order chi connectivity index (χ0) is 17.2. The van der Waals surface area contributed by atoms with Gasteiger partial charge in [-0.1, -0.05) is 30.3 Å². The minimum Gasteiger partial charge on any atom is -0.355 e. The number of piperidine rings is 1. The third kappa shape index (κ3) is 6.32. The first-order valence-corrected chi connectivity index (χ1v) is 8.92. The van der Waals surface area contributed by atoms with Crippen LogP contribution in [0.25, 0.3) is 0 Å². The fourth-order valence-corrected chi connectivity index (χ4v) is 3.13. The van der Waals surface area contributed by atoms with Crippen LogP contribution in [0.3, 0.4) is 0 Å². The molecule has 0 unspecified atom stereocenters. The fraction of sp³-hybridized carbons (Fsp3) is 0.579. The van der Waals surface area contributed by atoms with Gasteiger partial charge in [0.1, 0.15) is 0 Å². The number of carbonyl (C=O) groups excluding carboxylic acids is 2. The number of nitrogens with zero attached hydrogens (tertiary/aromatic N) is 1. The fourth-order valence-electron chi connectivity index (χ4n) is 3.13. The predicted octanol–water partition coefficient (Wildman–Crippen LogP) is 1.58. The molecule has 2 amide bonds. The molecular weight excluding hydrogens is 302 g/mol. The average Bonchev–Trinajstić information content (AvgIpc) is 2.61. The predicted molar refractivity (Wildman–Crippen MR) is 95.6 cm³/mol. The van der Waals surface area contributed by atoms with Crippen LogP contribution in [0.2, 0.25) is 0 Å². The first kappa shape index (κ1) is 18.5. The number of rotatable bonds is 8. The third-order valence-electron chi connectivity index (χ3n) is 4.64. The molecule has 5 nitrogen and oxygen atoms in total. The van der Waals surface area contributed by atoms with Gasteiger partial charge in [0.05, 0.1) is 6.42 Å². The molecule has 0 aliphatic carbocycles. The SMILES string of the molecule is CNCCC1CCN(C(=O)CCNC(=O)Cc2ccccc2)CC1. The lowest BCUT2D eigenvalue weighted by Gasteiger charge is -2.32. The molecule has 1 aliphatic rings. The molecule has 1 saturated heterocycles. The molecule has 1 aromatic rings. The number of hydrogen-bond donors (Lipinski definition) is 2. The van der Waals surface area contributed by atoms with Crippen LogP contribution in [-0.2, 0) is 16.0 Å². The molecule has 2 rings (SSSR count). The highest BCUT2D eigenvalue weighted by Gasteiger charge is 2.22. The van der Waals surface area contributed by atoms with E-state index in [1.165, 1.54) is 6.42 Å². The zero-order valence-electron chi connectivity index (χ0n) is 14.6. The van der Waals surface area contributed by atoms with E-state index in [1.54, 1.807) is 0 Å². The molecule has 1 heterocycles.